The summed E-state index contributed by atoms with van der Waals surface area (Å²) in [6.07, 6.45) is 83.0. The predicted molar refractivity (Wildman–Crippen MR) is 335 cm³/mol. The molecule has 1 unspecified atom stereocenters. The molecule has 450 valence electrons. The molecular weight excluding hydrogens is 949 g/mol. The van der Waals surface area contributed by atoms with Gasteiger partial charge >= 0.3 is 17.9 Å². The maximum Gasteiger partial charge on any atom is 0.306 e. The Balaban J connectivity index is 4.07. The lowest BCUT2D eigenvalue weighted by Gasteiger charge is -2.18. The minimum Gasteiger partial charge on any atom is -0.462 e. The van der Waals surface area contributed by atoms with Gasteiger partial charge < -0.3 is 14.2 Å². The first kappa shape index (κ1) is 74.4. The summed E-state index contributed by atoms with van der Waals surface area (Å²) >= 11 is 0. The number of unbranched alkanes of at least 4 members (excludes halogenated alkanes) is 44. The van der Waals surface area contributed by atoms with Crippen molar-refractivity contribution in [1.29, 1.82) is 0 Å². The van der Waals surface area contributed by atoms with Gasteiger partial charge in [0.05, 0.1) is 0 Å². The van der Waals surface area contributed by atoms with Crippen LogP contribution in [0.3, 0.4) is 0 Å². The molecule has 1 atom stereocenters. The molecule has 0 rings (SSSR count). The van der Waals surface area contributed by atoms with Crippen molar-refractivity contribution in [3.8, 4) is 0 Å². The first-order chi connectivity index (χ1) is 38.0. The number of hydrogen-bond donors (Lipinski definition) is 0. The molecular formula is C71H130O6. The highest BCUT2D eigenvalue weighted by Gasteiger charge is 2.19. The fourth-order valence-electron chi connectivity index (χ4n) is 10.2. The number of carbonyl (C=O) groups is 3. The van der Waals surface area contributed by atoms with E-state index in [4.69, 9.17) is 14.2 Å². The molecule has 77 heavy (non-hydrogen) atoms. The normalized spacial score (nSPS) is 12.3. The van der Waals surface area contributed by atoms with Crippen LogP contribution in [0.2, 0.25) is 0 Å². The topological polar surface area (TPSA) is 78.9 Å². The van der Waals surface area contributed by atoms with E-state index in [1.54, 1.807) is 0 Å². The van der Waals surface area contributed by atoms with Crippen LogP contribution < -0.4 is 0 Å². The molecule has 0 aliphatic carbocycles. The third-order valence-electron chi connectivity index (χ3n) is 15.3. The molecule has 0 heterocycles. The van der Waals surface area contributed by atoms with Crippen molar-refractivity contribution in [1.82, 2.24) is 0 Å². The SMILES string of the molecule is CCCCCCC/C=C\C/C=C\C/C=C\CCCCCCCCCCCCC(=O)OC(COC(=O)CCCCCCCCC)COC(=O)CCCCCCCCCCCCCCCCC/C=C\CCCCCCCCCC. The average molecular weight is 1080 g/mol. The standard InChI is InChI=1S/C71H130O6/c1-4-7-10-13-16-18-20-22-24-26-28-30-32-34-35-37-38-40-42-44-46-48-50-52-55-58-61-64-70(73)76-67-68(66-75-69(72)63-60-57-54-15-12-9-6-3)77-71(74)65-62-59-56-53-51-49-47-45-43-41-39-36-33-31-29-27-25-23-21-19-17-14-11-8-5-2/h21,23,26-29,33,36,68H,4-20,22,24-25,30-32,34-35,37-67H2,1-3H3/b23-21-,28-26-,29-27-,36-33-. The summed E-state index contributed by atoms with van der Waals surface area (Å²) in [5.41, 5.74) is 0. The Labute approximate surface area is 479 Å². The summed E-state index contributed by atoms with van der Waals surface area (Å²) in [5, 5.41) is 0. The van der Waals surface area contributed by atoms with Crippen molar-refractivity contribution < 1.29 is 28.6 Å². The Bertz CT molecular complexity index is 1330. The van der Waals surface area contributed by atoms with Gasteiger partial charge in [0.25, 0.3) is 0 Å². The van der Waals surface area contributed by atoms with Gasteiger partial charge in [-0.3, -0.25) is 14.4 Å². The van der Waals surface area contributed by atoms with E-state index < -0.39 is 6.10 Å². The molecule has 6 heteroatoms. The minimum absolute atomic E-state index is 0.0709. The van der Waals surface area contributed by atoms with E-state index in [0.717, 1.165) is 70.6 Å². The second-order valence-electron chi connectivity index (χ2n) is 23.1. The molecule has 0 saturated carbocycles. The van der Waals surface area contributed by atoms with Crippen LogP contribution in [0.25, 0.3) is 0 Å². The number of ether oxygens (including phenoxy) is 3. The maximum absolute atomic E-state index is 12.9. The Morgan fingerprint density at radius 2 is 0.468 bits per heavy atom. The number of allylic oxidation sites excluding steroid dienone is 8. The molecule has 0 aromatic heterocycles. The van der Waals surface area contributed by atoms with Crippen molar-refractivity contribution >= 4 is 17.9 Å². The van der Waals surface area contributed by atoms with Crippen LogP contribution in [-0.2, 0) is 28.6 Å². The Kier molecular flexibility index (Phi) is 63.6. The fraction of sp³-hybridized carbons (Fsp3) is 0.845. The van der Waals surface area contributed by atoms with Gasteiger partial charge in [-0.25, -0.2) is 0 Å². The molecule has 0 aromatic carbocycles. The first-order valence-electron chi connectivity index (χ1n) is 34.1. The molecule has 0 bridgehead atoms. The molecule has 0 spiro atoms. The third-order valence-corrected chi connectivity index (χ3v) is 15.3. The van der Waals surface area contributed by atoms with Crippen molar-refractivity contribution in [2.75, 3.05) is 13.2 Å². The Morgan fingerprint density at radius 3 is 0.740 bits per heavy atom. The summed E-state index contributed by atoms with van der Waals surface area (Å²) in [4.78, 5) is 38.1. The highest BCUT2D eigenvalue weighted by molar-refractivity contribution is 5.71. The Hall–Kier alpha value is -2.63. The number of hydrogen-bond acceptors (Lipinski definition) is 6. The molecule has 0 N–H and O–H groups in total. The zero-order valence-electron chi connectivity index (χ0n) is 51.7. The van der Waals surface area contributed by atoms with Crippen LogP contribution in [0.1, 0.15) is 367 Å². The number of esters is 3. The van der Waals surface area contributed by atoms with Gasteiger partial charge in [-0.1, -0.05) is 313 Å². The molecule has 6 nitrogen and oxygen atoms in total. The van der Waals surface area contributed by atoms with Gasteiger partial charge in [-0.2, -0.15) is 0 Å². The van der Waals surface area contributed by atoms with Crippen LogP contribution in [0, 0.1) is 0 Å². The zero-order chi connectivity index (χ0) is 55.7. The fourth-order valence-corrected chi connectivity index (χ4v) is 10.2. The van der Waals surface area contributed by atoms with Crippen molar-refractivity contribution in [2.45, 2.75) is 374 Å². The van der Waals surface area contributed by atoms with E-state index in [2.05, 4.69) is 69.4 Å². The van der Waals surface area contributed by atoms with Crippen LogP contribution >= 0.6 is 0 Å². The van der Waals surface area contributed by atoms with E-state index in [1.165, 1.54) is 257 Å². The van der Waals surface area contributed by atoms with Crippen LogP contribution in [-0.4, -0.2) is 37.2 Å². The van der Waals surface area contributed by atoms with Crippen LogP contribution in [0.4, 0.5) is 0 Å². The van der Waals surface area contributed by atoms with E-state index in [0.29, 0.717) is 19.3 Å². The molecule has 0 amide bonds. The number of rotatable bonds is 63. The van der Waals surface area contributed by atoms with Gasteiger partial charge in [-0.15, -0.1) is 0 Å². The van der Waals surface area contributed by atoms with E-state index >= 15 is 0 Å². The highest BCUT2D eigenvalue weighted by atomic mass is 16.6. The van der Waals surface area contributed by atoms with Crippen molar-refractivity contribution in [2.24, 2.45) is 0 Å². The molecule has 0 aliphatic heterocycles. The molecule has 0 aromatic rings. The van der Waals surface area contributed by atoms with Gasteiger partial charge in [0.1, 0.15) is 13.2 Å². The van der Waals surface area contributed by atoms with E-state index in [9.17, 15) is 14.4 Å². The lowest BCUT2D eigenvalue weighted by molar-refractivity contribution is -0.167. The van der Waals surface area contributed by atoms with Crippen LogP contribution in [0.5, 0.6) is 0 Å². The first-order valence-corrected chi connectivity index (χ1v) is 34.1. The highest BCUT2D eigenvalue weighted by Crippen LogP contribution is 2.18. The van der Waals surface area contributed by atoms with Gasteiger partial charge in [0.15, 0.2) is 6.10 Å². The maximum atomic E-state index is 12.9. The monoisotopic (exact) mass is 1080 g/mol. The van der Waals surface area contributed by atoms with Gasteiger partial charge in [0.2, 0.25) is 0 Å². The smallest absolute Gasteiger partial charge is 0.306 e. The average Bonchev–Trinajstić information content (AvgIpc) is 3.43. The van der Waals surface area contributed by atoms with Crippen molar-refractivity contribution in [3.63, 3.8) is 0 Å². The van der Waals surface area contributed by atoms with Crippen molar-refractivity contribution in [3.05, 3.63) is 48.6 Å². The zero-order valence-corrected chi connectivity index (χ0v) is 51.7. The summed E-state index contributed by atoms with van der Waals surface area (Å²) < 4.78 is 16.9. The second kappa shape index (κ2) is 65.9. The summed E-state index contributed by atoms with van der Waals surface area (Å²) in [6.45, 7) is 6.64. The molecule has 0 saturated heterocycles. The number of carbonyl (C=O) groups excluding carboxylic acids is 3. The minimum atomic E-state index is -0.772. The molecule has 0 aliphatic rings. The second-order valence-corrected chi connectivity index (χ2v) is 23.1. The molecule has 0 fully saturated rings. The summed E-state index contributed by atoms with van der Waals surface area (Å²) in [7, 11) is 0. The summed E-state index contributed by atoms with van der Waals surface area (Å²) in [5.74, 6) is -0.861. The lowest BCUT2D eigenvalue weighted by Crippen LogP contribution is -2.30. The van der Waals surface area contributed by atoms with Gasteiger partial charge in [-0.05, 0) is 83.5 Å². The van der Waals surface area contributed by atoms with E-state index in [1.807, 2.05) is 0 Å². The predicted octanol–water partition coefficient (Wildman–Crippen LogP) is 23.3. The molecule has 0 radical (unpaired) electrons. The summed E-state index contributed by atoms with van der Waals surface area (Å²) in [6, 6.07) is 0. The van der Waals surface area contributed by atoms with E-state index in [-0.39, 0.29) is 31.1 Å². The largest absolute Gasteiger partial charge is 0.462 e. The van der Waals surface area contributed by atoms with Gasteiger partial charge in [0, 0.05) is 19.3 Å². The quantitative estimate of drug-likeness (QED) is 0.0261. The van der Waals surface area contributed by atoms with Crippen LogP contribution in [0.15, 0.2) is 48.6 Å². The lowest BCUT2D eigenvalue weighted by atomic mass is 10.0. The Morgan fingerprint density at radius 1 is 0.260 bits per heavy atom. The third kappa shape index (κ3) is 64.1.